The molecule has 0 saturated carbocycles. The minimum Gasteiger partial charge on any atom is -0.507 e. The van der Waals surface area contributed by atoms with Crippen LogP contribution in [0.1, 0.15) is 35.2 Å². The van der Waals surface area contributed by atoms with Gasteiger partial charge in [0.05, 0.1) is 23.2 Å². The van der Waals surface area contributed by atoms with Crippen LogP contribution in [0.5, 0.6) is 5.75 Å². The smallest absolute Gasteiger partial charge is 0.300 e. The van der Waals surface area contributed by atoms with E-state index in [1.165, 1.54) is 4.90 Å². The molecule has 2 heterocycles. The number of aromatic nitrogens is 1. The first kappa shape index (κ1) is 22.6. The maximum Gasteiger partial charge on any atom is 0.300 e. The van der Waals surface area contributed by atoms with Crippen LogP contribution < -0.4 is 9.64 Å². The Kier molecular flexibility index (Phi) is 6.20. The highest BCUT2D eigenvalue weighted by Gasteiger charge is 2.47. The number of ketones is 1. The van der Waals surface area contributed by atoms with Crippen molar-refractivity contribution in [2.75, 3.05) is 11.5 Å². The van der Waals surface area contributed by atoms with Crippen LogP contribution in [0.15, 0.2) is 66.5 Å². The molecular weight excluding hydrogens is 440 g/mol. The Morgan fingerprint density at radius 2 is 1.82 bits per heavy atom. The number of ether oxygens (including phenoxy) is 1. The molecule has 4 rings (SSSR count). The van der Waals surface area contributed by atoms with Crippen LogP contribution in [0.25, 0.3) is 5.76 Å². The number of hydrogen-bond acceptors (Lipinski definition) is 5. The molecule has 1 unspecified atom stereocenters. The van der Waals surface area contributed by atoms with Gasteiger partial charge >= 0.3 is 0 Å². The fourth-order valence-electron chi connectivity index (χ4n) is 3.99. The molecule has 6 nitrogen and oxygen atoms in total. The van der Waals surface area contributed by atoms with Gasteiger partial charge in [0.25, 0.3) is 11.7 Å². The SMILES string of the molecule is CCOc1cc(/C(O)=C2/C(=O)C(=O)N(c3cc(C)ccc3C)C2c2ccncc2)ccc1Cl. The summed E-state index contributed by atoms with van der Waals surface area (Å²) in [6.45, 7) is 6.01. The third-order valence-corrected chi connectivity index (χ3v) is 5.91. The maximum atomic E-state index is 13.3. The monoisotopic (exact) mass is 462 g/mol. The van der Waals surface area contributed by atoms with E-state index in [0.29, 0.717) is 34.2 Å². The van der Waals surface area contributed by atoms with Gasteiger partial charge in [-0.25, -0.2) is 0 Å². The lowest BCUT2D eigenvalue weighted by Gasteiger charge is -2.27. The van der Waals surface area contributed by atoms with Crippen LogP contribution in [-0.2, 0) is 9.59 Å². The van der Waals surface area contributed by atoms with E-state index in [2.05, 4.69) is 4.98 Å². The number of rotatable bonds is 5. The van der Waals surface area contributed by atoms with E-state index in [4.69, 9.17) is 16.3 Å². The molecule has 7 heteroatoms. The van der Waals surface area contributed by atoms with Gasteiger partial charge in [0.15, 0.2) is 0 Å². The van der Waals surface area contributed by atoms with E-state index in [-0.39, 0.29) is 11.3 Å². The van der Waals surface area contributed by atoms with Crippen LogP contribution in [0.4, 0.5) is 5.69 Å². The minimum absolute atomic E-state index is 0.00289. The van der Waals surface area contributed by atoms with E-state index in [9.17, 15) is 14.7 Å². The Morgan fingerprint density at radius 3 is 2.52 bits per heavy atom. The van der Waals surface area contributed by atoms with Crippen molar-refractivity contribution in [2.24, 2.45) is 0 Å². The number of amides is 1. The molecule has 1 N–H and O–H groups in total. The predicted octanol–water partition coefficient (Wildman–Crippen LogP) is 5.38. The Balaban J connectivity index is 1.95. The fraction of sp³-hybridized carbons (Fsp3) is 0.192. The molecule has 0 bridgehead atoms. The number of halogens is 1. The van der Waals surface area contributed by atoms with Gasteiger partial charge in [-0.05, 0) is 73.9 Å². The lowest BCUT2D eigenvalue weighted by atomic mass is 9.95. The maximum absolute atomic E-state index is 13.3. The number of hydrogen-bond donors (Lipinski definition) is 1. The first-order chi connectivity index (χ1) is 15.8. The van der Waals surface area contributed by atoms with Gasteiger partial charge in [-0.15, -0.1) is 0 Å². The van der Waals surface area contributed by atoms with E-state index in [0.717, 1.165) is 11.1 Å². The van der Waals surface area contributed by atoms with E-state index >= 15 is 0 Å². The summed E-state index contributed by atoms with van der Waals surface area (Å²) in [4.78, 5) is 32.1. The Hall–Kier alpha value is -3.64. The molecule has 0 spiro atoms. The summed E-state index contributed by atoms with van der Waals surface area (Å²) in [5.74, 6) is -1.37. The summed E-state index contributed by atoms with van der Waals surface area (Å²) in [6, 6.07) is 13.1. The summed E-state index contributed by atoms with van der Waals surface area (Å²) < 4.78 is 5.53. The molecular formula is C26H23ClN2O4. The second-order valence-electron chi connectivity index (χ2n) is 7.82. The topological polar surface area (TPSA) is 79.7 Å². The third kappa shape index (κ3) is 4.10. The normalized spacial score (nSPS) is 17.5. The van der Waals surface area contributed by atoms with Crippen molar-refractivity contribution in [3.63, 3.8) is 0 Å². The lowest BCUT2D eigenvalue weighted by molar-refractivity contribution is -0.132. The Bertz CT molecular complexity index is 1270. The molecule has 168 valence electrons. The summed E-state index contributed by atoms with van der Waals surface area (Å²) in [6.07, 6.45) is 3.18. The number of aryl methyl sites for hydroxylation is 2. The highest BCUT2D eigenvalue weighted by atomic mass is 35.5. The van der Waals surface area contributed by atoms with Crippen molar-refractivity contribution in [1.29, 1.82) is 0 Å². The van der Waals surface area contributed by atoms with Gasteiger partial charge in [0.2, 0.25) is 0 Å². The molecule has 1 saturated heterocycles. The van der Waals surface area contributed by atoms with Crippen LogP contribution in [0, 0.1) is 13.8 Å². The zero-order valence-electron chi connectivity index (χ0n) is 18.5. The number of aliphatic hydroxyl groups excluding tert-OH is 1. The van der Waals surface area contributed by atoms with Crippen molar-refractivity contribution < 1.29 is 19.4 Å². The van der Waals surface area contributed by atoms with Crippen molar-refractivity contribution in [1.82, 2.24) is 4.98 Å². The number of Topliss-reactive ketones (excluding diaryl/α,β-unsaturated/α-hetero) is 1. The van der Waals surface area contributed by atoms with E-state index in [1.54, 1.807) is 42.7 Å². The molecule has 1 aliphatic rings. The van der Waals surface area contributed by atoms with Crippen LogP contribution >= 0.6 is 11.6 Å². The second kappa shape index (κ2) is 9.08. The average Bonchev–Trinajstić information content (AvgIpc) is 3.07. The first-order valence-corrected chi connectivity index (χ1v) is 10.9. The largest absolute Gasteiger partial charge is 0.507 e. The minimum atomic E-state index is -0.820. The van der Waals surface area contributed by atoms with Crippen molar-refractivity contribution in [3.8, 4) is 5.75 Å². The zero-order valence-corrected chi connectivity index (χ0v) is 19.3. The molecule has 1 aliphatic heterocycles. The number of benzene rings is 2. The summed E-state index contributed by atoms with van der Waals surface area (Å²) in [7, 11) is 0. The number of anilines is 1. The molecule has 1 aromatic heterocycles. The molecule has 0 radical (unpaired) electrons. The molecule has 0 aliphatic carbocycles. The first-order valence-electron chi connectivity index (χ1n) is 10.5. The second-order valence-corrected chi connectivity index (χ2v) is 8.22. The number of carbonyl (C=O) groups is 2. The summed E-state index contributed by atoms with van der Waals surface area (Å²) in [5.41, 5.74) is 3.39. The standard InChI is InChI=1S/C26H23ClN2O4/c1-4-33-21-14-18(7-8-19(21)27)24(30)22-23(17-9-11-28-12-10-17)29(26(32)25(22)31)20-13-15(2)5-6-16(20)3/h5-14,23,30H,4H2,1-3H3/b24-22-. The van der Waals surface area contributed by atoms with Gasteiger partial charge in [0.1, 0.15) is 11.5 Å². The number of aliphatic hydroxyl groups is 1. The van der Waals surface area contributed by atoms with Gasteiger partial charge in [-0.2, -0.15) is 0 Å². The Labute approximate surface area is 197 Å². The highest BCUT2D eigenvalue weighted by molar-refractivity contribution is 6.51. The van der Waals surface area contributed by atoms with Gasteiger partial charge in [-0.1, -0.05) is 23.7 Å². The fourth-order valence-corrected chi connectivity index (χ4v) is 4.17. The highest BCUT2D eigenvalue weighted by Crippen LogP contribution is 2.43. The Morgan fingerprint density at radius 1 is 1.09 bits per heavy atom. The molecule has 2 aromatic carbocycles. The van der Waals surface area contributed by atoms with Crippen molar-refractivity contribution in [3.05, 3.63) is 93.8 Å². The average molecular weight is 463 g/mol. The number of carbonyl (C=O) groups excluding carboxylic acids is 2. The van der Waals surface area contributed by atoms with Crippen molar-refractivity contribution >= 4 is 34.7 Å². The van der Waals surface area contributed by atoms with Crippen LogP contribution in [-0.4, -0.2) is 28.4 Å². The quantitative estimate of drug-likeness (QED) is 0.313. The lowest BCUT2D eigenvalue weighted by Crippen LogP contribution is -2.30. The van der Waals surface area contributed by atoms with E-state index in [1.807, 2.05) is 39.0 Å². The van der Waals surface area contributed by atoms with Gasteiger partial charge in [0, 0.05) is 23.6 Å². The van der Waals surface area contributed by atoms with Gasteiger partial charge in [-0.3, -0.25) is 19.5 Å². The summed E-state index contributed by atoms with van der Waals surface area (Å²) in [5, 5.41) is 11.7. The summed E-state index contributed by atoms with van der Waals surface area (Å²) >= 11 is 6.19. The zero-order chi connectivity index (χ0) is 23.7. The molecule has 1 fully saturated rings. The predicted molar refractivity (Wildman–Crippen MR) is 128 cm³/mol. The van der Waals surface area contributed by atoms with Crippen molar-refractivity contribution in [2.45, 2.75) is 26.8 Å². The molecule has 1 amide bonds. The van der Waals surface area contributed by atoms with Crippen LogP contribution in [0.2, 0.25) is 5.02 Å². The molecule has 33 heavy (non-hydrogen) atoms. The number of nitrogens with zero attached hydrogens (tertiary/aromatic N) is 2. The van der Waals surface area contributed by atoms with Gasteiger partial charge < -0.3 is 9.84 Å². The molecule has 1 atom stereocenters. The van der Waals surface area contributed by atoms with Crippen LogP contribution in [0.3, 0.4) is 0 Å². The molecule has 3 aromatic rings. The van der Waals surface area contributed by atoms with E-state index < -0.39 is 17.7 Å². The third-order valence-electron chi connectivity index (χ3n) is 5.59. The number of pyridine rings is 1.